The second-order valence-electron chi connectivity index (χ2n) is 9.37. The van der Waals surface area contributed by atoms with Crippen molar-refractivity contribution in [2.24, 2.45) is 0 Å². The van der Waals surface area contributed by atoms with Gasteiger partial charge in [-0.1, -0.05) is 23.5 Å². The first-order valence-electron chi connectivity index (χ1n) is 10.9. The van der Waals surface area contributed by atoms with Crippen LogP contribution >= 0.6 is 11.3 Å². The summed E-state index contributed by atoms with van der Waals surface area (Å²) in [7, 11) is 0. The van der Waals surface area contributed by atoms with E-state index >= 15 is 0 Å². The van der Waals surface area contributed by atoms with Gasteiger partial charge in [0.05, 0.1) is 10.2 Å². The van der Waals surface area contributed by atoms with Crippen LogP contribution in [0.4, 0.5) is 9.93 Å². The molecule has 2 aliphatic rings. The zero-order valence-corrected chi connectivity index (χ0v) is 19.3. The number of para-hydroxylation sites is 1. The van der Waals surface area contributed by atoms with Crippen LogP contribution < -0.4 is 10.1 Å². The number of nitrogens with one attached hydrogen (secondary N) is 1. The minimum absolute atomic E-state index is 0.0966. The maximum Gasteiger partial charge on any atom is 0.410 e. The Morgan fingerprint density at radius 1 is 1.16 bits per heavy atom. The van der Waals surface area contributed by atoms with Crippen LogP contribution in [0.5, 0.6) is 5.88 Å². The van der Waals surface area contributed by atoms with Crippen molar-refractivity contribution in [3.63, 3.8) is 0 Å². The van der Waals surface area contributed by atoms with Gasteiger partial charge >= 0.3 is 6.09 Å². The molecule has 1 saturated carbocycles. The Morgan fingerprint density at radius 3 is 2.66 bits per heavy atom. The minimum Gasteiger partial charge on any atom is -0.473 e. The monoisotopic (exact) mass is 453 g/mol. The van der Waals surface area contributed by atoms with Gasteiger partial charge in [-0.3, -0.25) is 4.98 Å². The normalized spacial score (nSPS) is 21.0. The van der Waals surface area contributed by atoms with E-state index < -0.39 is 5.60 Å². The minimum atomic E-state index is -0.497. The van der Waals surface area contributed by atoms with E-state index in [1.807, 2.05) is 39.0 Å². The quantitative estimate of drug-likeness (QED) is 0.611. The third-order valence-corrected chi connectivity index (χ3v) is 6.57. The summed E-state index contributed by atoms with van der Waals surface area (Å²) in [6.45, 7) is 6.74. The van der Waals surface area contributed by atoms with Crippen LogP contribution in [0.1, 0.15) is 45.2 Å². The molecule has 1 N–H and O–H groups in total. The van der Waals surface area contributed by atoms with E-state index in [-0.39, 0.29) is 18.1 Å². The summed E-state index contributed by atoms with van der Waals surface area (Å²) >= 11 is 1.67. The smallest absolute Gasteiger partial charge is 0.410 e. The van der Waals surface area contributed by atoms with E-state index in [0.29, 0.717) is 25.0 Å². The lowest BCUT2D eigenvalue weighted by Crippen LogP contribution is -2.50. The summed E-state index contributed by atoms with van der Waals surface area (Å²) in [4.78, 5) is 27.5. The Morgan fingerprint density at radius 2 is 1.91 bits per heavy atom. The van der Waals surface area contributed by atoms with Crippen LogP contribution in [0, 0.1) is 0 Å². The highest BCUT2D eigenvalue weighted by Gasteiger charge is 2.38. The molecule has 0 atom stereocenters. The molecule has 1 aromatic carbocycles. The number of nitrogens with zero attached hydrogens (tertiary/aromatic N) is 4. The lowest BCUT2D eigenvalue weighted by Gasteiger charge is -2.40. The van der Waals surface area contributed by atoms with Crippen molar-refractivity contribution in [1.82, 2.24) is 19.9 Å². The van der Waals surface area contributed by atoms with Crippen LogP contribution in [0.25, 0.3) is 10.2 Å². The molecule has 5 rings (SSSR count). The second kappa shape index (κ2) is 8.20. The van der Waals surface area contributed by atoms with Gasteiger partial charge in [-0.25, -0.2) is 14.8 Å². The molecule has 3 heterocycles. The van der Waals surface area contributed by atoms with Gasteiger partial charge in [-0.2, -0.15) is 0 Å². The first-order valence-corrected chi connectivity index (χ1v) is 11.7. The maximum atomic E-state index is 12.2. The molecule has 2 fully saturated rings. The van der Waals surface area contributed by atoms with Gasteiger partial charge in [0.15, 0.2) is 5.13 Å². The number of thiazole rings is 1. The maximum absolute atomic E-state index is 12.2. The molecular weight excluding hydrogens is 426 g/mol. The zero-order valence-electron chi connectivity index (χ0n) is 18.4. The van der Waals surface area contributed by atoms with Crippen molar-refractivity contribution in [2.45, 2.75) is 57.3 Å². The van der Waals surface area contributed by atoms with E-state index in [1.54, 1.807) is 28.6 Å². The van der Waals surface area contributed by atoms with Crippen molar-refractivity contribution >= 4 is 32.8 Å². The standard InChI is InChI=1S/C23H27N5O3S/c1-23(2,3)31-22(29)28-12-14(13-28)19-20(25-9-8-24-19)30-16-10-15(11-16)26-21-27-17-6-4-5-7-18(17)32-21/h4-9,14-16H,10-13H2,1-3H3,(H,26,27)/t15-,16-. The molecule has 0 radical (unpaired) electrons. The summed E-state index contributed by atoms with van der Waals surface area (Å²) in [5.41, 5.74) is 1.34. The molecule has 0 spiro atoms. The van der Waals surface area contributed by atoms with Crippen LogP contribution in [0.3, 0.4) is 0 Å². The van der Waals surface area contributed by atoms with E-state index in [9.17, 15) is 4.79 Å². The number of benzene rings is 1. The molecule has 1 amide bonds. The molecule has 168 valence electrons. The summed E-state index contributed by atoms with van der Waals surface area (Å²) in [5.74, 6) is 0.688. The molecule has 1 aliphatic carbocycles. The first-order chi connectivity index (χ1) is 15.3. The Hall–Kier alpha value is -2.94. The summed E-state index contributed by atoms with van der Waals surface area (Å²) in [5, 5.41) is 4.46. The van der Waals surface area contributed by atoms with Gasteiger partial charge in [0, 0.05) is 50.3 Å². The van der Waals surface area contributed by atoms with Crippen molar-refractivity contribution in [3.05, 3.63) is 42.4 Å². The number of carbonyl (C=O) groups is 1. The lowest BCUT2D eigenvalue weighted by atomic mass is 9.89. The summed E-state index contributed by atoms with van der Waals surface area (Å²) in [6, 6.07) is 8.50. The molecule has 2 aromatic heterocycles. The number of carbonyl (C=O) groups excluding carboxylic acids is 1. The summed E-state index contributed by atoms with van der Waals surface area (Å²) in [6.07, 6.45) is 4.92. The fourth-order valence-corrected chi connectivity index (χ4v) is 4.82. The molecule has 0 bridgehead atoms. The van der Waals surface area contributed by atoms with Gasteiger partial charge in [0.2, 0.25) is 5.88 Å². The van der Waals surface area contributed by atoms with Crippen molar-refractivity contribution in [1.29, 1.82) is 0 Å². The number of hydrogen-bond acceptors (Lipinski definition) is 8. The first kappa shape index (κ1) is 20.9. The van der Waals surface area contributed by atoms with Gasteiger partial charge in [-0.05, 0) is 32.9 Å². The number of rotatable bonds is 5. The van der Waals surface area contributed by atoms with Gasteiger partial charge < -0.3 is 19.7 Å². The number of likely N-dealkylation sites (tertiary alicyclic amines) is 1. The number of amides is 1. The number of anilines is 1. The average molecular weight is 454 g/mol. The second-order valence-corrected chi connectivity index (χ2v) is 10.4. The zero-order chi connectivity index (χ0) is 22.3. The lowest BCUT2D eigenvalue weighted by molar-refractivity contribution is 0.00711. The third-order valence-electron chi connectivity index (χ3n) is 5.61. The molecule has 1 aliphatic heterocycles. The molecule has 8 nitrogen and oxygen atoms in total. The van der Waals surface area contributed by atoms with Gasteiger partial charge in [0.25, 0.3) is 0 Å². The number of fused-ring (bicyclic) bond motifs is 1. The van der Waals surface area contributed by atoms with Crippen molar-refractivity contribution in [3.8, 4) is 5.88 Å². The fourth-order valence-electron chi connectivity index (χ4n) is 3.88. The predicted molar refractivity (Wildman–Crippen MR) is 123 cm³/mol. The van der Waals surface area contributed by atoms with E-state index in [1.165, 1.54) is 4.70 Å². The largest absolute Gasteiger partial charge is 0.473 e. The average Bonchev–Trinajstić information content (AvgIpc) is 3.07. The molecular formula is C23H27N5O3S. The van der Waals surface area contributed by atoms with Crippen molar-refractivity contribution < 1.29 is 14.3 Å². The molecule has 3 aromatic rings. The third kappa shape index (κ3) is 4.48. The Kier molecular flexibility index (Phi) is 5.36. The molecule has 32 heavy (non-hydrogen) atoms. The van der Waals surface area contributed by atoms with E-state index in [0.717, 1.165) is 29.2 Å². The number of aromatic nitrogens is 3. The fraction of sp³-hybridized carbons (Fsp3) is 0.478. The van der Waals surface area contributed by atoms with Crippen molar-refractivity contribution in [2.75, 3.05) is 18.4 Å². The predicted octanol–water partition coefficient (Wildman–Crippen LogP) is 4.44. The van der Waals surface area contributed by atoms with Crippen LogP contribution in [0.15, 0.2) is 36.7 Å². The van der Waals surface area contributed by atoms with Crippen LogP contribution in [-0.4, -0.2) is 56.8 Å². The molecule has 1 saturated heterocycles. The van der Waals surface area contributed by atoms with Gasteiger partial charge in [0.1, 0.15) is 17.4 Å². The SMILES string of the molecule is CC(C)(C)OC(=O)N1CC(c2nccnc2O[C@H]2C[C@H](Nc3nc4ccccc4s3)C2)C1. The molecule has 0 unspecified atom stereocenters. The number of ether oxygens (including phenoxy) is 2. The van der Waals surface area contributed by atoms with Crippen LogP contribution in [0.2, 0.25) is 0 Å². The highest BCUT2D eigenvalue weighted by molar-refractivity contribution is 7.22. The van der Waals surface area contributed by atoms with E-state index in [4.69, 9.17) is 9.47 Å². The number of hydrogen-bond donors (Lipinski definition) is 1. The Bertz CT molecular complexity index is 1080. The summed E-state index contributed by atoms with van der Waals surface area (Å²) < 4.78 is 12.8. The Balaban J connectivity index is 1.14. The van der Waals surface area contributed by atoms with E-state index in [2.05, 4.69) is 26.3 Å². The Labute approximate surface area is 191 Å². The van der Waals surface area contributed by atoms with Crippen LogP contribution in [-0.2, 0) is 4.74 Å². The molecule has 9 heteroatoms. The highest BCUT2D eigenvalue weighted by Crippen LogP contribution is 2.35. The van der Waals surface area contributed by atoms with Gasteiger partial charge in [-0.15, -0.1) is 0 Å². The highest BCUT2D eigenvalue weighted by atomic mass is 32.1. The topological polar surface area (TPSA) is 89.5 Å².